The molecule has 1 aromatic carbocycles. The Bertz CT molecular complexity index is 299. The first-order valence-electron chi connectivity index (χ1n) is 3.89. The van der Waals surface area contributed by atoms with Gasteiger partial charge in [0.15, 0.2) is 0 Å². The van der Waals surface area contributed by atoms with Gasteiger partial charge in [0, 0.05) is 18.3 Å². The zero-order valence-corrected chi connectivity index (χ0v) is 7.63. The van der Waals surface area contributed by atoms with E-state index in [1.54, 1.807) is 25.2 Å². The number of rotatable bonds is 3. The molecule has 0 radical (unpaired) electrons. The molecule has 0 aliphatic carbocycles. The Balaban J connectivity index is 2.82. The third-order valence-electron chi connectivity index (χ3n) is 1.61. The number of nitrogens with one attached hydrogen (secondary N) is 2. The highest BCUT2D eigenvalue weighted by Crippen LogP contribution is 2.09. The maximum absolute atomic E-state index is 11.2. The van der Waals surface area contributed by atoms with Crippen molar-refractivity contribution in [2.24, 2.45) is 0 Å². The molecule has 0 spiro atoms. The van der Waals surface area contributed by atoms with E-state index in [9.17, 15) is 4.79 Å². The van der Waals surface area contributed by atoms with Gasteiger partial charge < -0.3 is 5.32 Å². The molecule has 0 fully saturated rings. The predicted molar refractivity (Wildman–Crippen MR) is 50.5 cm³/mol. The number of carbonyl (C=O) groups excluding carboxylic acids is 1. The average Bonchev–Trinajstić information content (AvgIpc) is 2.18. The van der Waals surface area contributed by atoms with Crippen LogP contribution < -0.4 is 10.8 Å². The second-order valence-corrected chi connectivity index (χ2v) is 2.47. The fourth-order valence-corrected chi connectivity index (χ4v) is 0.968. The lowest BCUT2D eigenvalue weighted by molar-refractivity contribution is 0.0537. The van der Waals surface area contributed by atoms with Crippen molar-refractivity contribution in [3.8, 4) is 0 Å². The first-order chi connectivity index (χ1) is 6.27. The summed E-state index contributed by atoms with van der Waals surface area (Å²) >= 11 is 0. The minimum Gasteiger partial charge on any atom is -0.388 e. The molecule has 1 rings (SSSR count). The zero-order chi connectivity index (χ0) is 9.68. The van der Waals surface area contributed by atoms with Gasteiger partial charge in [0.2, 0.25) is 0 Å². The van der Waals surface area contributed by atoms with Gasteiger partial charge in [-0.05, 0) is 18.2 Å². The van der Waals surface area contributed by atoms with E-state index in [-0.39, 0.29) is 5.91 Å². The third kappa shape index (κ3) is 2.45. The highest BCUT2D eigenvalue weighted by Gasteiger charge is 2.03. The number of amides is 1. The van der Waals surface area contributed by atoms with Crippen molar-refractivity contribution in [3.63, 3.8) is 0 Å². The summed E-state index contributed by atoms with van der Waals surface area (Å²) in [4.78, 5) is 15.8. The summed E-state index contributed by atoms with van der Waals surface area (Å²) in [5.41, 5.74) is 3.70. The Morgan fingerprint density at radius 3 is 2.85 bits per heavy atom. The van der Waals surface area contributed by atoms with E-state index in [0.717, 1.165) is 5.69 Å². The second kappa shape index (κ2) is 4.47. The molecular weight excluding hydrogens is 168 g/mol. The molecule has 2 N–H and O–H groups in total. The van der Waals surface area contributed by atoms with E-state index >= 15 is 0 Å². The summed E-state index contributed by atoms with van der Waals surface area (Å²) in [7, 11) is 3.20. The lowest BCUT2D eigenvalue weighted by Crippen LogP contribution is -2.21. The normalized spacial score (nSPS) is 9.38. The first-order valence-corrected chi connectivity index (χ1v) is 3.89. The largest absolute Gasteiger partial charge is 0.388 e. The minimum atomic E-state index is -0.250. The molecule has 0 unspecified atom stereocenters. The molecule has 13 heavy (non-hydrogen) atoms. The molecule has 4 heteroatoms. The van der Waals surface area contributed by atoms with Crippen LogP contribution in [0.3, 0.4) is 0 Å². The summed E-state index contributed by atoms with van der Waals surface area (Å²) in [5, 5.41) is 2.94. The van der Waals surface area contributed by atoms with Crippen molar-refractivity contribution in [2.75, 3.05) is 19.5 Å². The highest BCUT2D eigenvalue weighted by atomic mass is 16.6. The van der Waals surface area contributed by atoms with Crippen LogP contribution in [0, 0.1) is 0 Å². The Morgan fingerprint density at radius 2 is 2.23 bits per heavy atom. The summed E-state index contributed by atoms with van der Waals surface area (Å²) in [6, 6.07) is 7.14. The van der Waals surface area contributed by atoms with Crippen molar-refractivity contribution in [3.05, 3.63) is 29.8 Å². The van der Waals surface area contributed by atoms with Crippen LogP contribution in [0.5, 0.6) is 0 Å². The Kier molecular flexibility index (Phi) is 3.28. The van der Waals surface area contributed by atoms with Crippen LogP contribution >= 0.6 is 0 Å². The molecule has 0 heterocycles. The summed E-state index contributed by atoms with van der Waals surface area (Å²) < 4.78 is 0. The molecule has 0 saturated heterocycles. The van der Waals surface area contributed by atoms with Crippen LogP contribution in [0.1, 0.15) is 10.4 Å². The van der Waals surface area contributed by atoms with Gasteiger partial charge in [-0.15, -0.1) is 0 Å². The van der Waals surface area contributed by atoms with Crippen LogP contribution in [-0.4, -0.2) is 20.1 Å². The van der Waals surface area contributed by atoms with Gasteiger partial charge in [-0.25, -0.2) is 5.48 Å². The maximum Gasteiger partial charge on any atom is 0.274 e. The number of hydrogen-bond acceptors (Lipinski definition) is 3. The van der Waals surface area contributed by atoms with Crippen LogP contribution in [0.25, 0.3) is 0 Å². The molecule has 0 bridgehead atoms. The van der Waals surface area contributed by atoms with Crippen LogP contribution in [-0.2, 0) is 4.84 Å². The van der Waals surface area contributed by atoms with E-state index in [1.165, 1.54) is 7.11 Å². The highest BCUT2D eigenvalue weighted by molar-refractivity contribution is 5.94. The maximum atomic E-state index is 11.2. The number of hydrogen-bond donors (Lipinski definition) is 2. The topological polar surface area (TPSA) is 50.4 Å². The van der Waals surface area contributed by atoms with E-state index in [0.29, 0.717) is 5.56 Å². The van der Waals surface area contributed by atoms with Crippen molar-refractivity contribution in [1.82, 2.24) is 5.48 Å². The van der Waals surface area contributed by atoms with E-state index in [1.807, 2.05) is 6.07 Å². The molecule has 0 aromatic heterocycles. The van der Waals surface area contributed by atoms with Crippen LogP contribution in [0.2, 0.25) is 0 Å². The number of benzene rings is 1. The quantitative estimate of drug-likeness (QED) is 0.683. The van der Waals surface area contributed by atoms with Crippen molar-refractivity contribution >= 4 is 11.6 Å². The molecule has 1 amide bonds. The second-order valence-electron chi connectivity index (χ2n) is 2.47. The lowest BCUT2D eigenvalue weighted by Gasteiger charge is -2.04. The molecule has 70 valence electrons. The smallest absolute Gasteiger partial charge is 0.274 e. The monoisotopic (exact) mass is 180 g/mol. The fraction of sp³-hybridized carbons (Fsp3) is 0.222. The molecule has 0 aliphatic rings. The SMILES string of the molecule is CNc1cccc(C(=O)NOC)c1. The molecule has 1 aromatic rings. The summed E-state index contributed by atoms with van der Waals surface area (Å²) in [5.74, 6) is -0.250. The Hall–Kier alpha value is -1.55. The van der Waals surface area contributed by atoms with Crippen LogP contribution in [0.15, 0.2) is 24.3 Å². The predicted octanol–water partition coefficient (Wildman–Crippen LogP) is 1.02. The number of carbonyl (C=O) groups is 1. The summed E-state index contributed by atoms with van der Waals surface area (Å²) in [6.45, 7) is 0. The molecule has 0 aliphatic heterocycles. The zero-order valence-electron chi connectivity index (χ0n) is 7.63. The van der Waals surface area contributed by atoms with Gasteiger partial charge >= 0.3 is 0 Å². The van der Waals surface area contributed by atoms with E-state index < -0.39 is 0 Å². The Labute approximate surface area is 76.9 Å². The third-order valence-corrected chi connectivity index (χ3v) is 1.61. The Morgan fingerprint density at radius 1 is 1.46 bits per heavy atom. The lowest BCUT2D eigenvalue weighted by atomic mass is 10.2. The average molecular weight is 180 g/mol. The number of hydroxylamine groups is 1. The van der Waals surface area contributed by atoms with Crippen LogP contribution in [0.4, 0.5) is 5.69 Å². The van der Waals surface area contributed by atoms with E-state index in [2.05, 4.69) is 15.6 Å². The van der Waals surface area contributed by atoms with Gasteiger partial charge in [-0.3, -0.25) is 9.63 Å². The van der Waals surface area contributed by atoms with Crippen molar-refractivity contribution in [1.29, 1.82) is 0 Å². The van der Waals surface area contributed by atoms with Gasteiger partial charge in [-0.1, -0.05) is 6.07 Å². The molecule has 0 atom stereocenters. The fourth-order valence-electron chi connectivity index (χ4n) is 0.968. The van der Waals surface area contributed by atoms with Gasteiger partial charge in [0.25, 0.3) is 5.91 Å². The van der Waals surface area contributed by atoms with Crippen molar-refractivity contribution < 1.29 is 9.63 Å². The molecular formula is C9H12N2O2. The van der Waals surface area contributed by atoms with Gasteiger partial charge in [0.05, 0.1) is 7.11 Å². The minimum absolute atomic E-state index is 0.250. The summed E-state index contributed by atoms with van der Waals surface area (Å²) in [6.07, 6.45) is 0. The molecule has 0 saturated carbocycles. The van der Waals surface area contributed by atoms with Crippen molar-refractivity contribution in [2.45, 2.75) is 0 Å². The standard InChI is InChI=1S/C9H12N2O2/c1-10-8-5-3-4-7(6-8)9(12)11-13-2/h3-6,10H,1-2H3,(H,11,12). The first kappa shape index (κ1) is 9.54. The van der Waals surface area contributed by atoms with Gasteiger partial charge in [0.1, 0.15) is 0 Å². The molecule has 4 nitrogen and oxygen atoms in total. The van der Waals surface area contributed by atoms with Gasteiger partial charge in [-0.2, -0.15) is 0 Å². The number of anilines is 1. The van der Waals surface area contributed by atoms with E-state index in [4.69, 9.17) is 0 Å².